The van der Waals surface area contributed by atoms with Gasteiger partial charge in [0.25, 0.3) is 5.91 Å². The van der Waals surface area contributed by atoms with Crippen molar-refractivity contribution in [1.82, 2.24) is 14.7 Å². The number of halogens is 5. The molecule has 1 unspecified atom stereocenters. The molecule has 2 fully saturated rings. The van der Waals surface area contributed by atoms with Gasteiger partial charge in [0.1, 0.15) is 5.82 Å². The summed E-state index contributed by atoms with van der Waals surface area (Å²) in [5.41, 5.74) is 1.55. The summed E-state index contributed by atoms with van der Waals surface area (Å²) in [6.45, 7) is 4.79. The van der Waals surface area contributed by atoms with Crippen molar-refractivity contribution < 1.29 is 27.2 Å². The Morgan fingerprint density at radius 2 is 1.71 bits per heavy atom. The molecule has 2 aliphatic heterocycles. The molecule has 2 heterocycles. The third kappa shape index (κ3) is 9.24. The maximum Gasteiger partial charge on any atom is 0.395 e. The molecule has 6 nitrogen and oxygen atoms in total. The van der Waals surface area contributed by atoms with Crippen LogP contribution in [0.25, 0.3) is 0 Å². The minimum absolute atomic E-state index is 0.0777. The number of benzene rings is 2. The van der Waals surface area contributed by atoms with Crippen LogP contribution >= 0.6 is 23.4 Å². The fraction of sp³-hybridized carbons (Fsp3) is 0.517. The predicted octanol–water partition coefficient (Wildman–Crippen LogP) is 5.98. The molecule has 0 spiro atoms. The Morgan fingerprint density at radius 1 is 1.10 bits per heavy atom. The Balaban J connectivity index is 0.000000298. The van der Waals surface area contributed by atoms with E-state index >= 15 is 0 Å². The lowest BCUT2D eigenvalue weighted by molar-refractivity contribution is -0.146. The normalized spacial score (nSPS) is 17.2. The van der Waals surface area contributed by atoms with Gasteiger partial charge in [-0.15, -0.1) is 0 Å². The average molecular weight is 617 g/mol. The highest BCUT2D eigenvalue weighted by molar-refractivity contribution is 7.99. The summed E-state index contributed by atoms with van der Waals surface area (Å²) in [4.78, 5) is 30.1. The van der Waals surface area contributed by atoms with Crippen LogP contribution in [-0.4, -0.2) is 97.1 Å². The first kappa shape index (κ1) is 33.0. The van der Waals surface area contributed by atoms with Crippen LogP contribution in [0.2, 0.25) is 5.02 Å². The molecule has 0 aliphatic carbocycles. The number of nitrogens with one attached hydrogen (secondary N) is 1. The molecule has 1 atom stereocenters. The van der Waals surface area contributed by atoms with E-state index in [1.807, 2.05) is 23.3 Å². The summed E-state index contributed by atoms with van der Waals surface area (Å²) in [6.07, 6.45) is -0.184. The maximum atomic E-state index is 12.4. The molecule has 0 radical (unpaired) electrons. The molecule has 2 saturated heterocycles. The van der Waals surface area contributed by atoms with Gasteiger partial charge in [-0.25, -0.2) is 4.39 Å². The molecule has 4 rings (SSSR count). The number of amides is 2. The molecule has 41 heavy (non-hydrogen) atoms. The van der Waals surface area contributed by atoms with Crippen molar-refractivity contribution in [1.29, 1.82) is 0 Å². The first-order valence-electron chi connectivity index (χ1n) is 13.4. The van der Waals surface area contributed by atoms with E-state index in [0.29, 0.717) is 28.4 Å². The molecule has 2 aromatic rings. The number of carbonyl (C=O) groups excluding carboxylic acids is 2. The second kappa shape index (κ2) is 14.6. The summed E-state index contributed by atoms with van der Waals surface area (Å²) >= 11 is 7.89. The minimum Gasteiger partial charge on any atom is -0.380 e. The zero-order valence-electron chi connectivity index (χ0n) is 23.7. The van der Waals surface area contributed by atoms with Crippen LogP contribution in [0.5, 0.6) is 0 Å². The summed E-state index contributed by atoms with van der Waals surface area (Å²) in [6, 6.07) is 10.8. The van der Waals surface area contributed by atoms with E-state index in [1.165, 1.54) is 4.90 Å². The zero-order chi connectivity index (χ0) is 30.3. The second-order valence-corrected chi connectivity index (χ2v) is 11.8. The van der Waals surface area contributed by atoms with E-state index < -0.39 is 17.9 Å². The number of thioether (sulfide) groups is 1. The van der Waals surface area contributed by atoms with Crippen molar-refractivity contribution in [2.75, 3.05) is 57.6 Å². The number of piperidine rings is 1. The van der Waals surface area contributed by atoms with Crippen molar-refractivity contribution in [3.8, 4) is 0 Å². The van der Waals surface area contributed by atoms with Crippen LogP contribution in [0.3, 0.4) is 0 Å². The van der Waals surface area contributed by atoms with Crippen molar-refractivity contribution >= 4 is 40.9 Å². The molecule has 1 N–H and O–H groups in total. The largest absolute Gasteiger partial charge is 0.395 e. The Labute approximate surface area is 248 Å². The van der Waals surface area contributed by atoms with E-state index in [-0.39, 0.29) is 17.4 Å². The van der Waals surface area contributed by atoms with Crippen LogP contribution in [0.15, 0.2) is 42.5 Å². The molecule has 2 aromatic carbocycles. The highest BCUT2D eigenvalue weighted by atomic mass is 35.5. The number of likely N-dealkylation sites (tertiary alicyclic amines) is 2. The van der Waals surface area contributed by atoms with Crippen molar-refractivity contribution in [2.45, 2.75) is 43.9 Å². The van der Waals surface area contributed by atoms with Crippen LogP contribution in [0.1, 0.15) is 41.6 Å². The molecule has 0 saturated carbocycles. The van der Waals surface area contributed by atoms with Gasteiger partial charge in [0.2, 0.25) is 5.91 Å². The third-order valence-electron chi connectivity index (χ3n) is 7.35. The quantitative estimate of drug-likeness (QED) is 0.388. The average Bonchev–Trinajstić information content (AvgIpc) is 2.90. The van der Waals surface area contributed by atoms with E-state index in [1.54, 1.807) is 31.9 Å². The Bertz CT molecular complexity index is 1170. The lowest BCUT2D eigenvalue weighted by Gasteiger charge is -2.47. The topological polar surface area (TPSA) is 55.9 Å². The number of nitrogens with zero attached hydrogens (tertiary/aromatic N) is 3. The van der Waals surface area contributed by atoms with Gasteiger partial charge >= 0.3 is 6.18 Å². The van der Waals surface area contributed by atoms with Gasteiger partial charge in [-0.1, -0.05) is 23.7 Å². The van der Waals surface area contributed by atoms with Crippen LogP contribution in [0.4, 0.5) is 23.2 Å². The van der Waals surface area contributed by atoms with Gasteiger partial charge in [0.15, 0.2) is 0 Å². The molecular weight excluding hydrogens is 580 g/mol. The van der Waals surface area contributed by atoms with Crippen LogP contribution in [-0.2, 0) is 4.79 Å². The van der Waals surface area contributed by atoms with Crippen molar-refractivity contribution in [3.63, 3.8) is 0 Å². The molecule has 2 amide bonds. The Hall–Kier alpha value is -2.50. The molecule has 0 aromatic heterocycles. The Morgan fingerprint density at radius 3 is 2.22 bits per heavy atom. The fourth-order valence-corrected chi connectivity index (χ4v) is 5.48. The van der Waals surface area contributed by atoms with E-state index in [2.05, 4.69) is 10.2 Å². The van der Waals surface area contributed by atoms with Crippen LogP contribution in [0, 0.1) is 5.82 Å². The number of anilines is 1. The lowest BCUT2D eigenvalue weighted by atomic mass is 9.97. The number of hydrogen-bond acceptors (Lipinski definition) is 5. The third-order valence-corrected chi connectivity index (χ3v) is 8.20. The monoisotopic (exact) mass is 616 g/mol. The number of alkyl halides is 3. The van der Waals surface area contributed by atoms with E-state index in [9.17, 15) is 27.2 Å². The van der Waals surface area contributed by atoms with Crippen LogP contribution < -0.4 is 5.32 Å². The lowest BCUT2D eigenvalue weighted by Crippen LogP contribution is -2.60. The minimum atomic E-state index is -4.27. The fourth-order valence-electron chi connectivity index (χ4n) is 4.79. The smallest absolute Gasteiger partial charge is 0.380 e. The SMILES string of the molecule is CC(c1ccc(F)cc1)C(F)(F)F.CSCC(=O)N1CCC(N2CC(Nc3ccc(C(=O)N(C)C)c(Cl)c3)C2)CC1. The predicted molar refractivity (Wildman–Crippen MR) is 157 cm³/mol. The van der Waals surface area contributed by atoms with Crippen molar-refractivity contribution in [2.24, 2.45) is 0 Å². The van der Waals surface area contributed by atoms with E-state index in [4.69, 9.17) is 11.6 Å². The van der Waals surface area contributed by atoms with Gasteiger partial charge in [-0.3, -0.25) is 14.5 Å². The molecule has 226 valence electrons. The highest BCUT2D eigenvalue weighted by Gasteiger charge is 2.37. The Kier molecular flexibility index (Phi) is 11.8. The molecule has 2 aliphatic rings. The molecular formula is C29H37ClF4N4O2S. The van der Waals surface area contributed by atoms with E-state index in [0.717, 1.165) is 75.9 Å². The van der Waals surface area contributed by atoms with Crippen molar-refractivity contribution in [3.05, 3.63) is 64.4 Å². The van der Waals surface area contributed by atoms with Gasteiger partial charge in [0, 0.05) is 52.0 Å². The van der Waals surface area contributed by atoms with Gasteiger partial charge < -0.3 is 15.1 Å². The first-order chi connectivity index (χ1) is 19.3. The van der Waals surface area contributed by atoms with Gasteiger partial charge in [-0.05, 0) is 61.9 Å². The summed E-state index contributed by atoms with van der Waals surface area (Å²) < 4.78 is 48.8. The maximum absolute atomic E-state index is 12.4. The zero-order valence-corrected chi connectivity index (χ0v) is 25.3. The standard InChI is InChI=1S/C20H29ClN4O2S.C9H8F4/c1-23(2)20(27)17-5-4-14(10-18(17)21)22-15-11-25(12-15)16-6-8-24(9-7-16)19(26)13-28-3;1-6(9(11,12)13)7-2-4-8(10)5-3-7/h4-5,10,15-16,22H,6-9,11-13H2,1-3H3;2-6H,1H3. The second-order valence-electron chi connectivity index (χ2n) is 10.5. The summed E-state index contributed by atoms with van der Waals surface area (Å²) in [5, 5.41) is 3.98. The molecule has 0 bridgehead atoms. The number of rotatable bonds is 7. The first-order valence-corrected chi connectivity index (χ1v) is 15.2. The number of hydrogen-bond donors (Lipinski definition) is 1. The van der Waals surface area contributed by atoms with Gasteiger partial charge in [0.05, 0.1) is 28.3 Å². The highest BCUT2D eigenvalue weighted by Crippen LogP contribution is 2.34. The number of carbonyl (C=O) groups is 2. The summed E-state index contributed by atoms with van der Waals surface area (Å²) in [7, 11) is 3.44. The van der Waals surface area contributed by atoms with Gasteiger partial charge in [-0.2, -0.15) is 24.9 Å². The molecule has 12 heteroatoms. The summed E-state index contributed by atoms with van der Waals surface area (Å²) in [5.74, 6) is -1.32.